The van der Waals surface area contributed by atoms with Gasteiger partial charge in [0.2, 0.25) is 0 Å². The van der Waals surface area contributed by atoms with Crippen molar-refractivity contribution in [2.45, 2.75) is 32.1 Å². The van der Waals surface area contributed by atoms with Crippen LogP contribution in [0.5, 0.6) is 0 Å². The molecule has 0 N–H and O–H groups in total. The Labute approximate surface area is 103 Å². The number of fused-ring (bicyclic) bond motifs is 3. The van der Waals surface area contributed by atoms with E-state index in [1.165, 1.54) is 62.8 Å². The first-order valence-corrected chi connectivity index (χ1v) is 7.62. The molecule has 1 nitrogen and oxygen atoms in total. The van der Waals surface area contributed by atoms with Crippen LogP contribution in [0.15, 0.2) is 17.5 Å². The molecule has 3 fully saturated rings. The van der Waals surface area contributed by atoms with Crippen LogP contribution >= 0.6 is 11.3 Å². The summed E-state index contributed by atoms with van der Waals surface area (Å²) in [7, 11) is 0. The van der Waals surface area contributed by atoms with E-state index in [0.29, 0.717) is 0 Å². The summed E-state index contributed by atoms with van der Waals surface area (Å²) in [5.74, 6) is 1.09. The molecule has 0 aliphatic carbocycles. The molecule has 16 heavy (non-hydrogen) atoms. The van der Waals surface area contributed by atoms with Gasteiger partial charge in [-0.15, -0.1) is 11.3 Å². The van der Waals surface area contributed by atoms with Crippen LogP contribution in [0.3, 0.4) is 0 Å². The number of hydrogen-bond donors (Lipinski definition) is 0. The van der Waals surface area contributed by atoms with Crippen molar-refractivity contribution >= 4 is 11.3 Å². The molecule has 0 atom stereocenters. The zero-order chi connectivity index (χ0) is 10.8. The Hall–Kier alpha value is -0.340. The summed E-state index contributed by atoms with van der Waals surface area (Å²) in [5, 5.41) is 2.20. The average molecular weight is 236 g/mol. The fourth-order valence-electron chi connectivity index (χ4n) is 3.52. The van der Waals surface area contributed by atoms with E-state index in [1.54, 1.807) is 4.88 Å². The van der Waals surface area contributed by atoms with Crippen LogP contribution in [-0.2, 0) is 6.42 Å². The molecule has 0 spiro atoms. The lowest BCUT2D eigenvalue weighted by Crippen LogP contribution is -2.58. The lowest BCUT2D eigenvalue weighted by atomic mass is 9.85. The van der Waals surface area contributed by atoms with Gasteiger partial charge in [0, 0.05) is 11.3 Å². The number of piperidine rings is 3. The van der Waals surface area contributed by atoms with Gasteiger partial charge in [-0.1, -0.05) is 6.07 Å². The van der Waals surface area contributed by atoms with Gasteiger partial charge in [0.25, 0.3) is 0 Å². The Morgan fingerprint density at radius 3 is 2.56 bits per heavy atom. The number of aryl methyl sites for hydroxylation is 1. The Balaban J connectivity index is 1.50. The summed E-state index contributed by atoms with van der Waals surface area (Å²) in [5.41, 5.74) is 0. The quantitative estimate of drug-likeness (QED) is 0.704. The standard InChI is InChI=1S/C14H22NS/c1(3-14-4-2-12-16-14)8-15-9-5-13(6-10-15)7-11-15/h2,4,12-13H,1,3,5-11H2/q+1. The van der Waals surface area contributed by atoms with Crippen molar-refractivity contribution in [2.24, 2.45) is 5.92 Å². The zero-order valence-corrected chi connectivity index (χ0v) is 10.8. The number of nitrogens with zero attached hydrogens (tertiary/aromatic N) is 1. The van der Waals surface area contributed by atoms with E-state index in [0.717, 1.165) is 5.92 Å². The van der Waals surface area contributed by atoms with E-state index in [-0.39, 0.29) is 0 Å². The van der Waals surface area contributed by atoms with Gasteiger partial charge in [-0.3, -0.25) is 0 Å². The molecule has 0 amide bonds. The van der Waals surface area contributed by atoms with Crippen molar-refractivity contribution in [1.82, 2.24) is 0 Å². The molecule has 1 aromatic rings. The molecule has 3 saturated heterocycles. The second-order valence-electron chi connectivity index (χ2n) is 5.65. The first-order valence-electron chi connectivity index (χ1n) is 6.74. The van der Waals surface area contributed by atoms with E-state index in [1.807, 2.05) is 11.3 Å². The topological polar surface area (TPSA) is 0 Å². The Morgan fingerprint density at radius 2 is 1.94 bits per heavy atom. The van der Waals surface area contributed by atoms with Crippen LogP contribution in [0.2, 0.25) is 0 Å². The van der Waals surface area contributed by atoms with Gasteiger partial charge < -0.3 is 4.48 Å². The van der Waals surface area contributed by atoms with Crippen LogP contribution < -0.4 is 0 Å². The van der Waals surface area contributed by atoms with Gasteiger partial charge in [0.15, 0.2) is 0 Å². The monoisotopic (exact) mass is 236 g/mol. The maximum atomic E-state index is 2.28. The van der Waals surface area contributed by atoms with Crippen LogP contribution in [0.1, 0.15) is 30.6 Å². The highest BCUT2D eigenvalue weighted by Crippen LogP contribution is 2.33. The summed E-state index contributed by atoms with van der Waals surface area (Å²) in [6.45, 7) is 5.88. The molecule has 4 heterocycles. The minimum Gasteiger partial charge on any atom is -0.324 e. The third kappa shape index (κ3) is 2.18. The van der Waals surface area contributed by atoms with Crippen molar-refractivity contribution in [3.63, 3.8) is 0 Å². The number of thiophene rings is 1. The molecule has 0 aromatic carbocycles. The highest BCUT2D eigenvalue weighted by atomic mass is 32.1. The van der Waals surface area contributed by atoms with E-state index < -0.39 is 0 Å². The van der Waals surface area contributed by atoms with Crippen molar-refractivity contribution in [3.05, 3.63) is 22.4 Å². The molecule has 3 aliphatic heterocycles. The fraction of sp³-hybridized carbons (Fsp3) is 0.714. The maximum Gasteiger partial charge on any atom is 0.0790 e. The molecule has 0 saturated carbocycles. The summed E-state index contributed by atoms with van der Waals surface area (Å²) >= 11 is 1.92. The van der Waals surface area contributed by atoms with Crippen LogP contribution in [-0.4, -0.2) is 30.7 Å². The van der Waals surface area contributed by atoms with Crippen molar-refractivity contribution < 1.29 is 4.48 Å². The van der Waals surface area contributed by atoms with Gasteiger partial charge in [0.1, 0.15) is 0 Å². The maximum absolute atomic E-state index is 2.28. The van der Waals surface area contributed by atoms with Crippen molar-refractivity contribution in [3.8, 4) is 0 Å². The summed E-state index contributed by atoms with van der Waals surface area (Å²) < 4.78 is 1.46. The van der Waals surface area contributed by atoms with Crippen molar-refractivity contribution in [1.29, 1.82) is 0 Å². The van der Waals surface area contributed by atoms with E-state index in [4.69, 9.17) is 0 Å². The van der Waals surface area contributed by atoms with E-state index in [2.05, 4.69) is 17.5 Å². The third-order valence-electron chi connectivity index (χ3n) is 4.67. The molecule has 88 valence electrons. The molecular formula is C14H22NS+. The number of hydrogen-bond acceptors (Lipinski definition) is 1. The summed E-state index contributed by atoms with van der Waals surface area (Å²) in [6, 6.07) is 4.46. The molecule has 3 aliphatic rings. The van der Waals surface area contributed by atoms with Crippen molar-refractivity contribution in [2.75, 3.05) is 26.2 Å². The average Bonchev–Trinajstić information content (AvgIpc) is 2.84. The Bertz CT molecular complexity index is 309. The predicted molar refractivity (Wildman–Crippen MR) is 69.7 cm³/mol. The largest absolute Gasteiger partial charge is 0.324 e. The van der Waals surface area contributed by atoms with Crippen LogP contribution in [0.25, 0.3) is 0 Å². The molecule has 2 bridgehead atoms. The SMILES string of the molecule is c1csc(CCC[N+]23CCC(CC2)CC3)c1. The Kier molecular flexibility index (Phi) is 3.03. The highest BCUT2D eigenvalue weighted by molar-refractivity contribution is 7.09. The molecular weight excluding hydrogens is 214 g/mol. The van der Waals surface area contributed by atoms with E-state index >= 15 is 0 Å². The summed E-state index contributed by atoms with van der Waals surface area (Å²) in [4.78, 5) is 1.57. The molecule has 0 unspecified atom stereocenters. The van der Waals surface area contributed by atoms with Gasteiger partial charge in [0.05, 0.1) is 26.2 Å². The fourth-order valence-corrected chi connectivity index (χ4v) is 4.27. The molecule has 1 aromatic heterocycles. The van der Waals surface area contributed by atoms with Gasteiger partial charge >= 0.3 is 0 Å². The van der Waals surface area contributed by atoms with Gasteiger partial charge in [-0.2, -0.15) is 0 Å². The van der Waals surface area contributed by atoms with Crippen LogP contribution in [0.4, 0.5) is 0 Å². The zero-order valence-electron chi connectivity index (χ0n) is 10.0. The highest BCUT2D eigenvalue weighted by Gasteiger charge is 2.38. The number of quaternary nitrogens is 1. The van der Waals surface area contributed by atoms with Gasteiger partial charge in [-0.05, 0) is 43.0 Å². The second kappa shape index (κ2) is 4.50. The smallest absolute Gasteiger partial charge is 0.0790 e. The molecule has 2 heteroatoms. The Morgan fingerprint density at radius 1 is 1.19 bits per heavy atom. The third-order valence-corrected chi connectivity index (χ3v) is 5.61. The van der Waals surface area contributed by atoms with Crippen LogP contribution in [0, 0.1) is 5.92 Å². The minimum absolute atomic E-state index is 1.09. The first-order chi connectivity index (χ1) is 7.86. The minimum atomic E-state index is 1.09. The summed E-state index contributed by atoms with van der Waals surface area (Å²) in [6.07, 6.45) is 7.24. The lowest BCUT2D eigenvalue weighted by molar-refractivity contribution is -0.942. The number of rotatable bonds is 4. The molecule has 4 rings (SSSR count). The van der Waals surface area contributed by atoms with E-state index in [9.17, 15) is 0 Å². The predicted octanol–water partition coefficient (Wildman–Crippen LogP) is 3.31. The van der Waals surface area contributed by atoms with Gasteiger partial charge in [-0.25, -0.2) is 0 Å². The lowest BCUT2D eigenvalue weighted by Gasteiger charge is -2.49. The normalized spacial score (nSPS) is 33.1. The second-order valence-corrected chi connectivity index (χ2v) is 6.68. The first kappa shape index (κ1) is 10.8. The molecule has 0 radical (unpaired) electrons.